The number of esters is 1. The Kier molecular flexibility index (Phi) is 10.2. The highest BCUT2D eigenvalue weighted by Crippen LogP contribution is 2.47. The third kappa shape index (κ3) is 5.76. The molecule has 0 saturated carbocycles. The zero-order chi connectivity index (χ0) is 18.9. The van der Waals surface area contributed by atoms with E-state index in [4.69, 9.17) is 9.16 Å². The van der Waals surface area contributed by atoms with Gasteiger partial charge in [-0.1, -0.05) is 67.4 Å². The Morgan fingerprint density at radius 1 is 0.958 bits per heavy atom. The van der Waals surface area contributed by atoms with E-state index in [-0.39, 0.29) is 19.0 Å². The molecule has 0 aliphatic rings. The van der Waals surface area contributed by atoms with E-state index in [0.717, 1.165) is 19.3 Å². The number of carbonyl (C=O) groups excluding carboxylic acids is 2. The maximum absolute atomic E-state index is 12.5. The van der Waals surface area contributed by atoms with Gasteiger partial charge in [0.1, 0.15) is 6.61 Å². The number of ether oxygens (including phenoxy) is 1. The lowest BCUT2D eigenvalue weighted by Gasteiger charge is -2.44. The van der Waals surface area contributed by atoms with Crippen LogP contribution in [0, 0.1) is 0 Å². The fourth-order valence-electron chi connectivity index (χ4n) is 3.31. The standard InChI is InChI=1S/C19H36O4Si/c1-9-15(6)24(16(7)10-2,17(8)11-3)23-18(20)12-13-22-19(21)14(4)5/h15-17H,4,9-13H2,1-3,5-8H3. The molecule has 0 aliphatic heterocycles. The average molecular weight is 357 g/mol. The molecule has 0 aliphatic carbocycles. The van der Waals surface area contributed by atoms with Gasteiger partial charge in [0.15, 0.2) is 0 Å². The highest BCUT2D eigenvalue weighted by atomic mass is 28.4. The summed E-state index contributed by atoms with van der Waals surface area (Å²) in [4.78, 5) is 23.9. The predicted molar refractivity (Wildman–Crippen MR) is 101 cm³/mol. The van der Waals surface area contributed by atoms with Crippen LogP contribution in [0.1, 0.15) is 74.1 Å². The zero-order valence-electron chi connectivity index (χ0n) is 16.6. The first kappa shape index (κ1) is 22.9. The van der Waals surface area contributed by atoms with Crippen molar-refractivity contribution in [3.8, 4) is 0 Å². The lowest BCUT2D eigenvalue weighted by atomic mass is 10.3. The van der Waals surface area contributed by atoms with Crippen LogP contribution in [0.4, 0.5) is 0 Å². The molecule has 3 unspecified atom stereocenters. The average Bonchev–Trinajstić information content (AvgIpc) is 2.57. The second kappa shape index (κ2) is 10.7. The molecule has 0 rings (SSSR count). The Hall–Kier alpha value is -1.10. The molecular weight excluding hydrogens is 320 g/mol. The van der Waals surface area contributed by atoms with Crippen molar-refractivity contribution in [2.45, 2.75) is 90.8 Å². The van der Waals surface area contributed by atoms with Gasteiger partial charge in [0.2, 0.25) is 0 Å². The van der Waals surface area contributed by atoms with Gasteiger partial charge in [-0.25, -0.2) is 4.79 Å². The van der Waals surface area contributed by atoms with Crippen LogP contribution in [-0.2, 0) is 18.8 Å². The molecule has 0 aromatic rings. The Morgan fingerprint density at radius 3 is 1.71 bits per heavy atom. The lowest BCUT2D eigenvalue weighted by molar-refractivity contribution is -0.142. The van der Waals surface area contributed by atoms with Gasteiger partial charge in [-0.2, -0.15) is 0 Å². The Labute approximate surface area is 149 Å². The molecule has 4 nitrogen and oxygen atoms in total. The zero-order valence-corrected chi connectivity index (χ0v) is 17.6. The highest BCUT2D eigenvalue weighted by Gasteiger charge is 2.51. The van der Waals surface area contributed by atoms with Gasteiger partial charge in [0, 0.05) is 5.57 Å². The van der Waals surface area contributed by atoms with E-state index in [2.05, 4.69) is 48.1 Å². The van der Waals surface area contributed by atoms with Gasteiger partial charge in [-0.3, -0.25) is 4.79 Å². The van der Waals surface area contributed by atoms with E-state index in [1.54, 1.807) is 6.92 Å². The maximum Gasteiger partial charge on any atom is 0.333 e. The first-order chi connectivity index (χ1) is 11.2. The largest absolute Gasteiger partial charge is 0.518 e. The summed E-state index contributed by atoms with van der Waals surface area (Å²) in [5.74, 6) is -0.700. The molecule has 0 fully saturated rings. The maximum atomic E-state index is 12.5. The summed E-state index contributed by atoms with van der Waals surface area (Å²) < 4.78 is 11.2. The molecule has 0 heterocycles. The molecule has 24 heavy (non-hydrogen) atoms. The van der Waals surface area contributed by atoms with E-state index < -0.39 is 14.3 Å². The van der Waals surface area contributed by atoms with Crippen LogP contribution in [0.2, 0.25) is 16.6 Å². The fourth-order valence-corrected chi connectivity index (χ4v) is 9.24. The first-order valence-electron chi connectivity index (χ1n) is 9.21. The van der Waals surface area contributed by atoms with Crippen LogP contribution in [-0.4, -0.2) is 26.9 Å². The molecule has 5 heteroatoms. The third-order valence-electron chi connectivity index (χ3n) is 5.33. The molecule has 0 spiro atoms. The fraction of sp³-hybridized carbons (Fsp3) is 0.789. The van der Waals surface area contributed by atoms with Gasteiger partial charge in [-0.15, -0.1) is 0 Å². The third-order valence-corrected chi connectivity index (χ3v) is 11.8. The van der Waals surface area contributed by atoms with E-state index >= 15 is 0 Å². The summed E-state index contributed by atoms with van der Waals surface area (Å²) in [7, 11) is -2.28. The highest BCUT2D eigenvalue weighted by molar-refractivity contribution is 6.79. The number of rotatable bonds is 11. The van der Waals surface area contributed by atoms with Crippen molar-refractivity contribution in [2.24, 2.45) is 0 Å². The molecule has 3 atom stereocenters. The van der Waals surface area contributed by atoms with Gasteiger partial charge in [-0.05, 0) is 23.5 Å². The van der Waals surface area contributed by atoms with E-state index in [0.29, 0.717) is 22.2 Å². The summed E-state index contributed by atoms with van der Waals surface area (Å²) in [5.41, 5.74) is 1.56. The van der Waals surface area contributed by atoms with Crippen LogP contribution < -0.4 is 0 Å². The van der Waals surface area contributed by atoms with Crippen molar-refractivity contribution in [3.05, 3.63) is 12.2 Å². The van der Waals surface area contributed by atoms with Crippen molar-refractivity contribution >= 4 is 20.3 Å². The number of carbonyl (C=O) groups is 2. The van der Waals surface area contributed by atoms with E-state index in [1.165, 1.54) is 0 Å². The van der Waals surface area contributed by atoms with Crippen LogP contribution in [0.25, 0.3) is 0 Å². The molecule has 0 N–H and O–H groups in total. The van der Waals surface area contributed by atoms with Crippen LogP contribution in [0.15, 0.2) is 12.2 Å². The Morgan fingerprint density at radius 2 is 1.38 bits per heavy atom. The van der Waals surface area contributed by atoms with Crippen LogP contribution >= 0.6 is 0 Å². The van der Waals surface area contributed by atoms with Gasteiger partial charge in [0.05, 0.1) is 6.42 Å². The SMILES string of the molecule is C=C(C)C(=O)OCCC(=O)O[Si](C(C)CC)(C(C)CC)C(C)CC. The summed E-state index contributed by atoms with van der Waals surface area (Å²) in [6, 6.07) is 0. The second-order valence-electron chi connectivity index (χ2n) is 6.92. The molecule has 140 valence electrons. The molecule has 0 radical (unpaired) electrons. The summed E-state index contributed by atoms with van der Waals surface area (Å²) in [6.07, 6.45) is 3.15. The van der Waals surface area contributed by atoms with Gasteiger partial charge in [0.25, 0.3) is 14.3 Å². The van der Waals surface area contributed by atoms with Crippen LogP contribution in [0.3, 0.4) is 0 Å². The minimum Gasteiger partial charge on any atom is -0.518 e. The minimum absolute atomic E-state index is 0.0521. The Bertz CT molecular complexity index is 407. The first-order valence-corrected chi connectivity index (χ1v) is 11.4. The Balaban J connectivity index is 5.14. The summed E-state index contributed by atoms with van der Waals surface area (Å²) >= 11 is 0. The van der Waals surface area contributed by atoms with Crippen molar-refractivity contribution in [3.63, 3.8) is 0 Å². The van der Waals surface area contributed by atoms with Crippen molar-refractivity contribution in [1.29, 1.82) is 0 Å². The van der Waals surface area contributed by atoms with Crippen molar-refractivity contribution in [2.75, 3.05) is 6.61 Å². The molecular formula is C19H36O4Si. The van der Waals surface area contributed by atoms with Crippen molar-refractivity contribution < 1.29 is 18.8 Å². The molecule has 0 aromatic carbocycles. The number of hydrogen-bond acceptors (Lipinski definition) is 4. The molecule has 0 aromatic heterocycles. The topological polar surface area (TPSA) is 52.6 Å². The quantitative estimate of drug-likeness (QED) is 0.283. The minimum atomic E-state index is -2.28. The van der Waals surface area contributed by atoms with E-state index in [9.17, 15) is 9.59 Å². The van der Waals surface area contributed by atoms with Crippen LogP contribution in [0.5, 0.6) is 0 Å². The monoisotopic (exact) mass is 356 g/mol. The predicted octanol–water partition coefficient (Wildman–Crippen LogP) is 5.38. The smallest absolute Gasteiger partial charge is 0.333 e. The molecule has 0 saturated heterocycles. The lowest BCUT2D eigenvalue weighted by Crippen LogP contribution is -2.51. The van der Waals surface area contributed by atoms with Gasteiger partial charge < -0.3 is 9.16 Å². The van der Waals surface area contributed by atoms with Gasteiger partial charge >= 0.3 is 5.97 Å². The second-order valence-corrected chi connectivity index (χ2v) is 11.8. The summed E-state index contributed by atoms with van der Waals surface area (Å²) in [6.45, 7) is 18.3. The number of hydrogen-bond donors (Lipinski definition) is 0. The van der Waals surface area contributed by atoms with E-state index in [1.807, 2.05) is 0 Å². The summed E-state index contributed by atoms with van der Waals surface area (Å²) in [5, 5.41) is 0. The molecule has 0 amide bonds. The van der Waals surface area contributed by atoms with Crippen molar-refractivity contribution in [1.82, 2.24) is 0 Å². The molecule has 0 bridgehead atoms. The normalized spacial score (nSPS) is 17.3.